The molecule has 0 spiro atoms. The summed E-state index contributed by atoms with van der Waals surface area (Å²) in [6, 6.07) is 4.99. The predicted molar refractivity (Wildman–Crippen MR) is 112 cm³/mol. The molecule has 2 N–H and O–H groups in total. The average Bonchev–Trinajstić information content (AvgIpc) is 3.16. The fourth-order valence-corrected chi connectivity index (χ4v) is 3.30. The first-order valence-electron chi connectivity index (χ1n) is 9.29. The number of rotatable bonds is 4. The molecule has 5 nitrogen and oxygen atoms in total. The minimum Gasteiger partial charge on any atom is -0.699 e. The van der Waals surface area contributed by atoms with Gasteiger partial charge in [-0.15, -0.1) is 17.4 Å². The van der Waals surface area contributed by atoms with Crippen molar-refractivity contribution in [1.29, 1.82) is 0 Å². The van der Waals surface area contributed by atoms with Crippen LogP contribution in [0.4, 0.5) is 42.1 Å². The summed E-state index contributed by atoms with van der Waals surface area (Å²) >= 11 is 1.55. The molecule has 14 heteroatoms. The van der Waals surface area contributed by atoms with Gasteiger partial charge in [-0.2, -0.15) is 26.3 Å². The standard InChI is InChI=1S/C13H12F7NO.C6H7N2S.CH4O.U/c1-12(13(18,19)20)4-5-21(6-12)8-3-2-7(14)9(15)10(8)22-11(16)17;1-9-6-4-5(7)2-3-8-6;1-2;/h2-3,11H,4-6H2,1H3;2-4H,1H3,(H-,7,8);2H,1H3;/q;-1;;. The van der Waals surface area contributed by atoms with E-state index >= 15 is 0 Å². The van der Waals surface area contributed by atoms with E-state index in [1.165, 1.54) is 0 Å². The number of aliphatic hydroxyl groups is 1. The molecule has 1 saturated heterocycles. The maximum absolute atomic E-state index is 13.6. The Bertz CT molecular complexity index is 909. The molecular formula is C20H23F7N3O2SU-. The number of anilines is 1. The number of hydrogen-bond donors (Lipinski definition) is 1. The van der Waals surface area contributed by atoms with Crippen molar-refractivity contribution in [2.45, 2.75) is 31.2 Å². The van der Waals surface area contributed by atoms with Crippen molar-refractivity contribution in [3.05, 3.63) is 47.8 Å². The number of thioether (sulfide) groups is 1. The van der Waals surface area contributed by atoms with Crippen LogP contribution in [0, 0.1) is 48.2 Å². The van der Waals surface area contributed by atoms with Gasteiger partial charge in [-0.25, -0.2) is 4.39 Å². The van der Waals surface area contributed by atoms with Gasteiger partial charge in [0.25, 0.3) is 0 Å². The Morgan fingerprint density at radius 2 is 1.82 bits per heavy atom. The van der Waals surface area contributed by atoms with E-state index in [0.717, 1.165) is 30.0 Å². The molecule has 2 aromatic rings. The molecule has 3 rings (SSSR count). The van der Waals surface area contributed by atoms with Crippen LogP contribution in [0.15, 0.2) is 35.5 Å². The topological polar surface area (TPSA) is 69.4 Å². The van der Waals surface area contributed by atoms with Gasteiger partial charge in [-0.05, 0) is 37.8 Å². The molecule has 1 atom stereocenters. The third-order valence-electron chi connectivity index (χ3n) is 4.68. The van der Waals surface area contributed by atoms with E-state index in [4.69, 9.17) is 10.8 Å². The first-order chi connectivity index (χ1) is 15.4. The quantitative estimate of drug-likeness (QED) is 0.289. The van der Waals surface area contributed by atoms with Crippen LogP contribution < -0.4 is 9.64 Å². The van der Waals surface area contributed by atoms with E-state index in [0.29, 0.717) is 11.8 Å². The molecule has 0 saturated carbocycles. The molecule has 1 unspecified atom stereocenters. The first kappa shape index (κ1) is 32.6. The molecule has 1 aliphatic heterocycles. The molecular weight excluding hydrogens is 717 g/mol. The van der Waals surface area contributed by atoms with Crippen LogP contribution in [0.2, 0.25) is 0 Å². The Labute approximate surface area is 220 Å². The van der Waals surface area contributed by atoms with Crippen LogP contribution in [-0.2, 0) is 0 Å². The predicted octanol–water partition coefficient (Wildman–Crippen LogP) is 6.44. The van der Waals surface area contributed by atoms with Gasteiger partial charge in [0.1, 0.15) is 0 Å². The van der Waals surface area contributed by atoms with E-state index in [9.17, 15) is 30.7 Å². The van der Waals surface area contributed by atoms with Crippen molar-refractivity contribution in [3.8, 4) is 5.75 Å². The summed E-state index contributed by atoms with van der Waals surface area (Å²) in [7, 11) is 1.00. The summed E-state index contributed by atoms with van der Waals surface area (Å²) in [4.78, 5) is 5.06. The monoisotopic (exact) mass is 740 g/mol. The number of nitrogens with one attached hydrogen (secondary N) is 1. The Morgan fingerprint density at radius 3 is 2.26 bits per heavy atom. The van der Waals surface area contributed by atoms with Crippen LogP contribution in [0.3, 0.4) is 0 Å². The fraction of sp³-hybridized carbons (Fsp3) is 0.450. The zero-order valence-corrected chi connectivity index (χ0v) is 23.4. The number of aliphatic hydroxyl groups excluding tert-OH is 1. The SMILES string of the molecule is CC1(C(F)(F)F)CCN(c2ccc(F)c(F)c2OC(F)F)C1.CO.CSc1cc([NH-])ccn1.[U]. The zero-order chi connectivity index (χ0) is 25.4. The summed E-state index contributed by atoms with van der Waals surface area (Å²) < 4.78 is 94.3. The second-order valence-corrected chi connectivity index (χ2v) is 7.73. The average molecular weight is 741 g/mol. The number of alkyl halides is 5. The van der Waals surface area contributed by atoms with Gasteiger partial charge in [-0.3, -0.25) is 4.98 Å². The minimum atomic E-state index is -4.50. The van der Waals surface area contributed by atoms with Crippen LogP contribution in [-0.4, -0.2) is 49.3 Å². The van der Waals surface area contributed by atoms with Crippen LogP contribution >= 0.6 is 11.8 Å². The minimum absolute atomic E-state index is 0. The second-order valence-electron chi connectivity index (χ2n) is 6.90. The fourth-order valence-electron chi connectivity index (χ4n) is 2.89. The maximum Gasteiger partial charge on any atom is 0.395 e. The smallest absolute Gasteiger partial charge is 0.395 e. The third-order valence-corrected chi connectivity index (χ3v) is 5.32. The molecule has 0 aliphatic carbocycles. The van der Waals surface area contributed by atoms with Gasteiger partial charge >= 0.3 is 12.8 Å². The molecule has 0 radical (unpaired) electrons. The Morgan fingerprint density at radius 1 is 1.21 bits per heavy atom. The van der Waals surface area contributed by atoms with Gasteiger partial charge in [0.05, 0.1) is 16.1 Å². The number of hydrogen-bond acceptors (Lipinski definition) is 5. The summed E-state index contributed by atoms with van der Waals surface area (Å²) in [5, 5.41) is 7.91. The summed E-state index contributed by atoms with van der Waals surface area (Å²) in [6.07, 6.45) is -1.19. The van der Waals surface area contributed by atoms with Crippen molar-refractivity contribution in [1.82, 2.24) is 4.98 Å². The van der Waals surface area contributed by atoms with Gasteiger partial charge in [-0.1, -0.05) is 6.07 Å². The summed E-state index contributed by atoms with van der Waals surface area (Å²) in [6.45, 7) is -3.13. The number of nitrogens with zero attached hydrogens (tertiary/aromatic N) is 2. The van der Waals surface area contributed by atoms with Gasteiger partial charge < -0.3 is 20.5 Å². The molecule has 1 fully saturated rings. The molecule has 1 aliphatic rings. The van der Waals surface area contributed by atoms with E-state index in [-0.39, 0.29) is 49.8 Å². The van der Waals surface area contributed by atoms with Gasteiger partial charge in [0.15, 0.2) is 11.6 Å². The number of aromatic nitrogens is 1. The number of pyridine rings is 1. The summed E-state index contributed by atoms with van der Waals surface area (Å²) in [5.41, 5.74) is 5.33. The van der Waals surface area contributed by atoms with Crippen LogP contribution in [0.5, 0.6) is 5.75 Å². The van der Waals surface area contributed by atoms with Crippen molar-refractivity contribution < 1.29 is 71.7 Å². The van der Waals surface area contributed by atoms with Crippen molar-refractivity contribution >= 4 is 23.1 Å². The number of ether oxygens (including phenoxy) is 1. The zero-order valence-electron chi connectivity index (χ0n) is 18.4. The largest absolute Gasteiger partial charge is 0.699 e. The molecule has 0 bridgehead atoms. The van der Waals surface area contributed by atoms with Crippen LogP contribution in [0.25, 0.3) is 5.73 Å². The molecule has 190 valence electrons. The van der Waals surface area contributed by atoms with Crippen molar-refractivity contribution in [2.75, 3.05) is 31.4 Å². The summed E-state index contributed by atoms with van der Waals surface area (Å²) in [5.74, 6) is -4.16. The Kier molecular flexibility index (Phi) is 13.7. The van der Waals surface area contributed by atoms with Crippen molar-refractivity contribution in [3.63, 3.8) is 0 Å². The Balaban J connectivity index is 0.000000762. The van der Waals surface area contributed by atoms with E-state index in [1.54, 1.807) is 30.1 Å². The van der Waals surface area contributed by atoms with E-state index in [1.807, 2.05) is 6.26 Å². The second kappa shape index (κ2) is 14.3. The number of halogens is 7. The van der Waals surface area contributed by atoms with Gasteiger partial charge in [0, 0.05) is 57.5 Å². The first-order valence-corrected chi connectivity index (χ1v) is 10.5. The maximum atomic E-state index is 13.6. The molecule has 34 heavy (non-hydrogen) atoms. The normalized spacial score (nSPS) is 17.2. The van der Waals surface area contributed by atoms with Crippen LogP contribution in [0.1, 0.15) is 13.3 Å². The van der Waals surface area contributed by atoms with E-state index < -0.39 is 42.1 Å². The van der Waals surface area contributed by atoms with Crippen molar-refractivity contribution in [2.24, 2.45) is 5.41 Å². The molecule has 0 amide bonds. The Hall–Kier alpha value is -1.36. The third kappa shape index (κ3) is 8.70. The number of benzene rings is 1. The molecule has 1 aromatic heterocycles. The van der Waals surface area contributed by atoms with Gasteiger partial charge in [0.2, 0.25) is 5.82 Å². The molecule has 1 aromatic carbocycles. The molecule has 2 heterocycles. The van der Waals surface area contributed by atoms with E-state index in [2.05, 4.69) is 9.72 Å².